The first-order valence-electron chi connectivity index (χ1n) is 5.36. The van der Waals surface area contributed by atoms with Crippen molar-refractivity contribution in [3.63, 3.8) is 0 Å². The summed E-state index contributed by atoms with van der Waals surface area (Å²) < 4.78 is 65.5. The molecule has 0 aliphatic heterocycles. The third-order valence-corrected chi connectivity index (χ3v) is 4.78. The highest BCUT2D eigenvalue weighted by Crippen LogP contribution is 2.29. The Morgan fingerprint density at radius 1 is 1.05 bits per heavy atom. The molecule has 0 aliphatic carbocycles. The Morgan fingerprint density at radius 3 is 2.29 bits per heavy atom. The Bertz CT molecular complexity index is 788. The molecule has 0 unspecified atom stereocenters. The van der Waals surface area contributed by atoms with E-state index in [1.54, 1.807) is 0 Å². The van der Waals surface area contributed by atoms with Gasteiger partial charge in [-0.15, -0.1) is 0 Å². The number of anilines is 1. The van der Waals surface area contributed by atoms with Crippen LogP contribution in [-0.2, 0) is 10.0 Å². The standard InChI is InChI=1S/C12H7BrF3NO3S/c13-8-3-6(14)4-10(16)12(8)21(19,20)17-7-1-2-11(18)9(15)5-7/h1-5,17-18H. The van der Waals surface area contributed by atoms with E-state index in [2.05, 4.69) is 15.9 Å². The molecule has 0 bridgehead atoms. The predicted molar refractivity (Wildman–Crippen MR) is 72.9 cm³/mol. The summed E-state index contributed by atoms with van der Waals surface area (Å²) in [7, 11) is -4.41. The first-order valence-corrected chi connectivity index (χ1v) is 7.64. The van der Waals surface area contributed by atoms with Crippen molar-refractivity contribution in [2.45, 2.75) is 4.90 Å². The van der Waals surface area contributed by atoms with E-state index in [0.29, 0.717) is 6.07 Å². The summed E-state index contributed by atoms with van der Waals surface area (Å²) in [5.74, 6) is -3.96. The normalized spacial score (nSPS) is 11.4. The van der Waals surface area contributed by atoms with E-state index in [0.717, 1.165) is 24.3 Å². The molecule has 0 heterocycles. The van der Waals surface area contributed by atoms with Gasteiger partial charge >= 0.3 is 0 Å². The van der Waals surface area contributed by atoms with Gasteiger partial charge in [0.1, 0.15) is 16.5 Å². The molecule has 4 nitrogen and oxygen atoms in total. The Labute approximate surface area is 126 Å². The van der Waals surface area contributed by atoms with Crippen LogP contribution in [0.25, 0.3) is 0 Å². The van der Waals surface area contributed by atoms with Gasteiger partial charge in [-0.2, -0.15) is 0 Å². The van der Waals surface area contributed by atoms with Gasteiger partial charge < -0.3 is 5.11 Å². The minimum absolute atomic E-state index is 0.221. The summed E-state index contributed by atoms with van der Waals surface area (Å²) in [4.78, 5) is -0.808. The lowest BCUT2D eigenvalue weighted by Gasteiger charge is -2.11. The lowest BCUT2D eigenvalue weighted by Crippen LogP contribution is -2.15. The number of phenols is 1. The number of aromatic hydroxyl groups is 1. The number of benzene rings is 2. The van der Waals surface area contributed by atoms with Crippen molar-refractivity contribution in [3.8, 4) is 5.75 Å². The van der Waals surface area contributed by atoms with Crippen molar-refractivity contribution in [3.05, 3.63) is 52.3 Å². The zero-order chi connectivity index (χ0) is 15.8. The first kappa shape index (κ1) is 15.6. The second-order valence-corrected chi connectivity index (χ2v) is 6.44. The molecule has 0 aromatic heterocycles. The lowest BCUT2D eigenvalue weighted by atomic mass is 10.3. The van der Waals surface area contributed by atoms with Crippen molar-refractivity contribution in [1.29, 1.82) is 0 Å². The molecule has 9 heteroatoms. The van der Waals surface area contributed by atoms with E-state index in [-0.39, 0.29) is 10.2 Å². The number of phenolic OH excluding ortho intramolecular Hbond substituents is 1. The second kappa shape index (κ2) is 5.57. The summed E-state index contributed by atoms with van der Waals surface area (Å²) in [5, 5.41) is 9.02. The van der Waals surface area contributed by atoms with Crippen molar-refractivity contribution < 1.29 is 26.7 Å². The highest BCUT2D eigenvalue weighted by molar-refractivity contribution is 9.10. The monoisotopic (exact) mass is 381 g/mol. The van der Waals surface area contributed by atoms with Gasteiger partial charge in [0.15, 0.2) is 11.6 Å². The summed E-state index contributed by atoms with van der Waals surface area (Å²) >= 11 is 2.76. The topological polar surface area (TPSA) is 66.4 Å². The van der Waals surface area contributed by atoms with E-state index in [1.165, 1.54) is 0 Å². The Balaban J connectivity index is 2.46. The van der Waals surface area contributed by atoms with E-state index < -0.39 is 38.1 Å². The quantitative estimate of drug-likeness (QED) is 0.801. The van der Waals surface area contributed by atoms with Gasteiger partial charge in [0.25, 0.3) is 10.0 Å². The molecular weight excluding hydrogens is 375 g/mol. The third-order valence-electron chi connectivity index (χ3n) is 2.43. The van der Waals surface area contributed by atoms with Gasteiger partial charge in [-0.3, -0.25) is 4.72 Å². The van der Waals surface area contributed by atoms with E-state index in [1.807, 2.05) is 4.72 Å². The highest BCUT2D eigenvalue weighted by atomic mass is 79.9. The Kier molecular flexibility index (Phi) is 4.15. The van der Waals surface area contributed by atoms with Crippen LogP contribution in [0.2, 0.25) is 0 Å². The zero-order valence-corrected chi connectivity index (χ0v) is 12.5. The molecule has 0 fully saturated rings. The average molecular weight is 382 g/mol. The summed E-state index contributed by atoms with van der Waals surface area (Å²) in [6.07, 6.45) is 0. The van der Waals surface area contributed by atoms with E-state index in [4.69, 9.17) is 5.11 Å². The highest BCUT2D eigenvalue weighted by Gasteiger charge is 2.24. The molecule has 0 spiro atoms. The zero-order valence-electron chi connectivity index (χ0n) is 10.1. The van der Waals surface area contributed by atoms with Crippen molar-refractivity contribution in [2.24, 2.45) is 0 Å². The fourth-order valence-corrected chi connectivity index (χ4v) is 3.78. The lowest BCUT2D eigenvalue weighted by molar-refractivity contribution is 0.432. The van der Waals surface area contributed by atoms with E-state index in [9.17, 15) is 21.6 Å². The van der Waals surface area contributed by atoms with Crippen LogP contribution in [0.1, 0.15) is 0 Å². The predicted octanol–water partition coefficient (Wildman–Crippen LogP) is 3.37. The van der Waals surface area contributed by atoms with Gasteiger partial charge in [-0.1, -0.05) is 0 Å². The third kappa shape index (κ3) is 3.30. The van der Waals surface area contributed by atoms with Crippen LogP contribution in [0.3, 0.4) is 0 Å². The minimum Gasteiger partial charge on any atom is -0.505 e. The fraction of sp³-hybridized carbons (Fsp3) is 0. The SMILES string of the molecule is O=S(=O)(Nc1ccc(O)c(F)c1)c1c(F)cc(F)cc1Br. The second-order valence-electron chi connectivity index (χ2n) is 3.97. The van der Waals surface area contributed by atoms with Crippen molar-refractivity contribution in [1.82, 2.24) is 0 Å². The summed E-state index contributed by atoms with van der Waals surface area (Å²) in [6.45, 7) is 0. The van der Waals surface area contributed by atoms with Gasteiger partial charge in [0.05, 0.1) is 5.69 Å². The minimum atomic E-state index is -4.41. The molecule has 112 valence electrons. The van der Waals surface area contributed by atoms with Crippen LogP contribution in [0, 0.1) is 17.5 Å². The number of rotatable bonds is 3. The molecule has 0 saturated carbocycles. The Hall–Kier alpha value is -1.74. The van der Waals surface area contributed by atoms with Crippen LogP contribution in [-0.4, -0.2) is 13.5 Å². The number of sulfonamides is 1. The maximum Gasteiger partial charge on any atom is 0.265 e. The molecule has 2 rings (SSSR count). The van der Waals surface area contributed by atoms with Crippen LogP contribution in [0.5, 0.6) is 5.75 Å². The van der Waals surface area contributed by atoms with Gasteiger partial charge in [-0.05, 0) is 34.1 Å². The van der Waals surface area contributed by atoms with Gasteiger partial charge in [0.2, 0.25) is 0 Å². The summed E-state index contributed by atoms with van der Waals surface area (Å²) in [6, 6.07) is 3.95. The number of nitrogens with one attached hydrogen (secondary N) is 1. The smallest absolute Gasteiger partial charge is 0.265 e. The average Bonchev–Trinajstić information content (AvgIpc) is 2.31. The van der Waals surface area contributed by atoms with Crippen LogP contribution >= 0.6 is 15.9 Å². The number of hydrogen-bond acceptors (Lipinski definition) is 3. The van der Waals surface area contributed by atoms with E-state index >= 15 is 0 Å². The molecule has 2 N–H and O–H groups in total. The molecular formula is C12H7BrF3NO3S. The maximum atomic E-state index is 13.6. The number of halogens is 4. The van der Waals surface area contributed by atoms with Gasteiger partial charge in [0, 0.05) is 16.6 Å². The molecule has 2 aromatic rings. The molecule has 0 radical (unpaired) electrons. The number of hydrogen-bond donors (Lipinski definition) is 2. The fourth-order valence-electron chi connectivity index (χ4n) is 1.56. The van der Waals surface area contributed by atoms with Crippen LogP contribution in [0.4, 0.5) is 18.9 Å². The Morgan fingerprint density at radius 2 is 1.71 bits per heavy atom. The first-order chi connectivity index (χ1) is 9.70. The molecule has 21 heavy (non-hydrogen) atoms. The largest absolute Gasteiger partial charge is 0.505 e. The van der Waals surface area contributed by atoms with Crippen molar-refractivity contribution in [2.75, 3.05) is 4.72 Å². The molecule has 0 amide bonds. The molecule has 0 aliphatic rings. The molecule has 0 atom stereocenters. The van der Waals surface area contributed by atoms with Crippen LogP contribution < -0.4 is 4.72 Å². The molecule has 2 aromatic carbocycles. The van der Waals surface area contributed by atoms with Crippen LogP contribution in [0.15, 0.2) is 39.7 Å². The maximum absolute atomic E-state index is 13.6. The molecule has 0 saturated heterocycles. The van der Waals surface area contributed by atoms with Crippen molar-refractivity contribution >= 4 is 31.6 Å². The summed E-state index contributed by atoms with van der Waals surface area (Å²) in [5.41, 5.74) is -0.221. The van der Waals surface area contributed by atoms with Gasteiger partial charge in [-0.25, -0.2) is 21.6 Å².